The summed E-state index contributed by atoms with van der Waals surface area (Å²) in [7, 11) is 0. The highest BCUT2D eigenvalue weighted by Crippen LogP contribution is 2.23. The van der Waals surface area contributed by atoms with Crippen molar-refractivity contribution in [1.82, 2.24) is 5.32 Å². The van der Waals surface area contributed by atoms with Crippen molar-refractivity contribution < 1.29 is 14.0 Å². The number of halogens is 1. The molecule has 2 aromatic rings. The summed E-state index contributed by atoms with van der Waals surface area (Å²) in [6.45, 7) is 0.163. The number of hydrogen-bond acceptors (Lipinski definition) is 2. The Labute approximate surface area is 127 Å². The number of fused-ring (bicyclic) bond motifs is 1. The molecule has 2 N–H and O–H groups in total. The number of carbonyl (C=O) groups is 2. The minimum atomic E-state index is -0.329. The van der Waals surface area contributed by atoms with Crippen LogP contribution in [0.15, 0.2) is 42.5 Å². The van der Waals surface area contributed by atoms with Crippen LogP contribution in [0.1, 0.15) is 16.7 Å². The molecule has 0 aromatic heterocycles. The number of amides is 2. The first kappa shape index (κ1) is 14.3. The lowest BCUT2D eigenvalue weighted by Crippen LogP contribution is -2.25. The van der Waals surface area contributed by atoms with Gasteiger partial charge in [-0.05, 0) is 23.3 Å². The predicted molar refractivity (Wildman–Crippen MR) is 80.7 cm³/mol. The van der Waals surface area contributed by atoms with Crippen LogP contribution in [-0.4, -0.2) is 11.8 Å². The molecule has 2 amide bonds. The van der Waals surface area contributed by atoms with E-state index in [0.29, 0.717) is 12.0 Å². The highest BCUT2D eigenvalue weighted by Gasteiger charge is 2.17. The Balaban J connectivity index is 1.60. The molecule has 0 unspecified atom stereocenters. The maximum atomic E-state index is 13.5. The molecule has 2 aromatic carbocycles. The Morgan fingerprint density at radius 3 is 2.86 bits per heavy atom. The van der Waals surface area contributed by atoms with Crippen LogP contribution in [0.3, 0.4) is 0 Å². The van der Waals surface area contributed by atoms with Crippen molar-refractivity contribution in [3.63, 3.8) is 0 Å². The Hall–Kier alpha value is -2.69. The molecule has 3 rings (SSSR count). The standard InChI is InChI=1S/C17H15FN2O2/c18-14-4-2-1-3-12(14)10-19-16(21)8-11-5-6-15-13(7-11)9-17(22)20-15/h1-7H,8-10H2,(H,19,21)(H,20,22). The van der Waals surface area contributed by atoms with Crippen LogP contribution in [-0.2, 0) is 29.0 Å². The van der Waals surface area contributed by atoms with Gasteiger partial charge < -0.3 is 10.6 Å². The molecule has 1 aliphatic rings. The van der Waals surface area contributed by atoms with Crippen molar-refractivity contribution in [2.75, 3.05) is 5.32 Å². The minimum absolute atomic E-state index is 0.0313. The molecule has 22 heavy (non-hydrogen) atoms. The molecule has 0 radical (unpaired) electrons. The van der Waals surface area contributed by atoms with Gasteiger partial charge in [0.2, 0.25) is 11.8 Å². The molecule has 4 nitrogen and oxygen atoms in total. The summed E-state index contributed by atoms with van der Waals surface area (Å²) in [6, 6.07) is 11.8. The van der Waals surface area contributed by atoms with E-state index < -0.39 is 0 Å². The van der Waals surface area contributed by atoms with Gasteiger partial charge in [0.05, 0.1) is 12.8 Å². The van der Waals surface area contributed by atoms with Crippen LogP contribution in [0.4, 0.5) is 10.1 Å². The summed E-state index contributed by atoms with van der Waals surface area (Å²) in [4.78, 5) is 23.2. The average molecular weight is 298 g/mol. The number of hydrogen-bond donors (Lipinski definition) is 2. The quantitative estimate of drug-likeness (QED) is 0.909. The van der Waals surface area contributed by atoms with Crippen molar-refractivity contribution in [3.05, 3.63) is 65.0 Å². The van der Waals surface area contributed by atoms with E-state index in [1.807, 2.05) is 12.1 Å². The maximum Gasteiger partial charge on any atom is 0.228 e. The molecule has 0 bridgehead atoms. The zero-order valence-electron chi connectivity index (χ0n) is 11.9. The minimum Gasteiger partial charge on any atom is -0.352 e. The molecule has 5 heteroatoms. The SMILES string of the molecule is O=C(Cc1ccc2c(c1)CC(=O)N2)NCc1ccccc1F. The fourth-order valence-corrected chi connectivity index (χ4v) is 2.48. The van der Waals surface area contributed by atoms with Gasteiger partial charge in [0, 0.05) is 17.8 Å². The van der Waals surface area contributed by atoms with Gasteiger partial charge in [0.15, 0.2) is 0 Å². The normalized spacial score (nSPS) is 12.7. The lowest BCUT2D eigenvalue weighted by atomic mass is 10.1. The molecule has 0 aliphatic carbocycles. The van der Waals surface area contributed by atoms with Gasteiger partial charge in [0.25, 0.3) is 0 Å². The Bertz CT molecular complexity index is 743. The molecular formula is C17H15FN2O2. The van der Waals surface area contributed by atoms with Crippen molar-refractivity contribution in [2.45, 2.75) is 19.4 Å². The molecule has 1 heterocycles. The summed E-state index contributed by atoms with van der Waals surface area (Å²) in [6.07, 6.45) is 0.552. The van der Waals surface area contributed by atoms with E-state index in [4.69, 9.17) is 0 Å². The first-order chi connectivity index (χ1) is 10.6. The van der Waals surface area contributed by atoms with E-state index in [1.165, 1.54) is 6.07 Å². The molecule has 0 spiro atoms. The third-order valence-electron chi connectivity index (χ3n) is 3.59. The summed E-state index contributed by atoms with van der Waals surface area (Å²) in [5, 5.41) is 5.45. The van der Waals surface area contributed by atoms with Gasteiger partial charge in [-0.3, -0.25) is 9.59 Å². The van der Waals surface area contributed by atoms with Crippen LogP contribution in [0, 0.1) is 5.82 Å². The van der Waals surface area contributed by atoms with Gasteiger partial charge in [-0.25, -0.2) is 4.39 Å². The van der Waals surface area contributed by atoms with E-state index >= 15 is 0 Å². The molecule has 112 valence electrons. The molecule has 1 aliphatic heterocycles. The Morgan fingerprint density at radius 1 is 1.23 bits per heavy atom. The maximum absolute atomic E-state index is 13.5. The summed E-state index contributed by atoms with van der Waals surface area (Å²) < 4.78 is 13.5. The predicted octanol–water partition coefficient (Wildman–Crippen LogP) is 2.18. The van der Waals surface area contributed by atoms with Crippen LogP contribution < -0.4 is 10.6 Å². The molecule has 0 saturated heterocycles. The van der Waals surface area contributed by atoms with Crippen molar-refractivity contribution >= 4 is 17.5 Å². The Morgan fingerprint density at radius 2 is 2.05 bits per heavy atom. The summed E-state index contributed by atoms with van der Waals surface area (Å²) >= 11 is 0. The topological polar surface area (TPSA) is 58.2 Å². The van der Waals surface area contributed by atoms with Crippen LogP contribution in [0.2, 0.25) is 0 Å². The summed E-state index contributed by atoms with van der Waals surface area (Å²) in [5.41, 5.74) is 3.01. The molecular weight excluding hydrogens is 283 g/mol. The average Bonchev–Trinajstić information content (AvgIpc) is 2.86. The smallest absolute Gasteiger partial charge is 0.228 e. The molecule has 0 fully saturated rings. The lowest BCUT2D eigenvalue weighted by Gasteiger charge is -2.07. The fraction of sp³-hybridized carbons (Fsp3) is 0.176. The Kier molecular flexibility index (Phi) is 3.87. The second-order valence-corrected chi connectivity index (χ2v) is 5.26. The third-order valence-corrected chi connectivity index (χ3v) is 3.59. The molecule has 0 saturated carbocycles. The first-order valence-electron chi connectivity index (χ1n) is 7.03. The number of rotatable bonds is 4. The van der Waals surface area contributed by atoms with Crippen LogP contribution in [0.5, 0.6) is 0 Å². The fourth-order valence-electron chi connectivity index (χ4n) is 2.48. The van der Waals surface area contributed by atoms with Gasteiger partial charge >= 0.3 is 0 Å². The van der Waals surface area contributed by atoms with Crippen molar-refractivity contribution in [2.24, 2.45) is 0 Å². The number of nitrogens with one attached hydrogen (secondary N) is 2. The number of anilines is 1. The van der Waals surface area contributed by atoms with E-state index in [-0.39, 0.29) is 30.6 Å². The first-order valence-corrected chi connectivity index (χ1v) is 7.03. The lowest BCUT2D eigenvalue weighted by molar-refractivity contribution is -0.120. The third kappa shape index (κ3) is 3.14. The van der Waals surface area contributed by atoms with Crippen molar-refractivity contribution in [1.29, 1.82) is 0 Å². The second-order valence-electron chi connectivity index (χ2n) is 5.26. The van der Waals surface area contributed by atoms with Crippen LogP contribution >= 0.6 is 0 Å². The largest absolute Gasteiger partial charge is 0.352 e. The van der Waals surface area contributed by atoms with Gasteiger partial charge in [-0.15, -0.1) is 0 Å². The van der Waals surface area contributed by atoms with E-state index in [1.54, 1.807) is 24.3 Å². The van der Waals surface area contributed by atoms with Gasteiger partial charge in [-0.2, -0.15) is 0 Å². The van der Waals surface area contributed by atoms with Crippen molar-refractivity contribution in [3.8, 4) is 0 Å². The zero-order chi connectivity index (χ0) is 15.5. The highest BCUT2D eigenvalue weighted by molar-refractivity contribution is 5.99. The highest BCUT2D eigenvalue weighted by atomic mass is 19.1. The van der Waals surface area contributed by atoms with Crippen LogP contribution in [0.25, 0.3) is 0 Å². The molecule has 0 atom stereocenters. The summed E-state index contributed by atoms with van der Waals surface area (Å²) in [5.74, 6) is -0.540. The number of carbonyl (C=O) groups excluding carboxylic acids is 2. The van der Waals surface area contributed by atoms with E-state index in [2.05, 4.69) is 10.6 Å². The van der Waals surface area contributed by atoms with Gasteiger partial charge in [0.1, 0.15) is 5.82 Å². The van der Waals surface area contributed by atoms with E-state index in [9.17, 15) is 14.0 Å². The number of benzene rings is 2. The van der Waals surface area contributed by atoms with E-state index in [0.717, 1.165) is 16.8 Å². The zero-order valence-corrected chi connectivity index (χ0v) is 11.9. The second kappa shape index (κ2) is 5.97. The monoisotopic (exact) mass is 298 g/mol. The van der Waals surface area contributed by atoms with Gasteiger partial charge in [-0.1, -0.05) is 30.3 Å².